The summed E-state index contributed by atoms with van der Waals surface area (Å²) in [7, 11) is 0. The lowest BCUT2D eigenvalue weighted by atomic mass is 10.1. The molecule has 1 aromatic heterocycles. The number of nitrogens with two attached hydrogens (primary N) is 1. The molecule has 2 atom stereocenters. The summed E-state index contributed by atoms with van der Waals surface area (Å²) >= 11 is 3.42. The van der Waals surface area contributed by atoms with Crippen LogP contribution in [0.3, 0.4) is 0 Å². The third-order valence-corrected chi connectivity index (χ3v) is 4.78. The van der Waals surface area contributed by atoms with E-state index in [2.05, 4.69) is 20.9 Å². The molecular weight excluding hydrogens is 382 g/mol. The fourth-order valence-corrected chi connectivity index (χ4v) is 3.51. The number of hydrogen-bond donors (Lipinski definition) is 2. The van der Waals surface area contributed by atoms with Gasteiger partial charge in [0.2, 0.25) is 5.56 Å². The van der Waals surface area contributed by atoms with Crippen molar-refractivity contribution in [3.63, 3.8) is 0 Å². The zero-order chi connectivity index (χ0) is 15.9. The van der Waals surface area contributed by atoms with Gasteiger partial charge in [0, 0.05) is 34.0 Å². The second kappa shape index (κ2) is 7.03. The van der Waals surface area contributed by atoms with Crippen molar-refractivity contribution in [1.82, 2.24) is 9.88 Å². The van der Waals surface area contributed by atoms with Crippen molar-refractivity contribution >= 4 is 45.1 Å². The maximum atomic E-state index is 12.9. The van der Waals surface area contributed by atoms with Crippen molar-refractivity contribution in [2.24, 2.45) is 11.7 Å². The molecule has 3 rings (SSSR count). The number of amides is 1. The van der Waals surface area contributed by atoms with Gasteiger partial charge in [-0.25, -0.2) is 0 Å². The Morgan fingerprint density at radius 3 is 2.83 bits per heavy atom. The molecule has 2 aromatic rings. The Labute approximate surface area is 148 Å². The van der Waals surface area contributed by atoms with Crippen molar-refractivity contribution in [2.45, 2.75) is 19.4 Å². The molecule has 2 heterocycles. The summed E-state index contributed by atoms with van der Waals surface area (Å²) in [5, 5.41) is 0.752. The summed E-state index contributed by atoms with van der Waals surface area (Å²) in [5.41, 5.74) is 6.59. The summed E-state index contributed by atoms with van der Waals surface area (Å²) in [6, 6.07) is 7.03. The highest BCUT2D eigenvalue weighted by atomic mass is 79.9. The van der Waals surface area contributed by atoms with E-state index in [9.17, 15) is 9.59 Å². The van der Waals surface area contributed by atoms with Crippen LogP contribution < -0.4 is 11.3 Å². The molecule has 7 heteroatoms. The summed E-state index contributed by atoms with van der Waals surface area (Å²) in [4.78, 5) is 29.4. The van der Waals surface area contributed by atoms with E-state index in [1.165, 1.54) is 6.07 Å². The predicted molar refractivity (Wildman–Crippen MR) is 97.2 cm³/mol. The Balaban J connectivity index is 0.00000192. The summed E-state index contributed by atoms with van der Waals surface area (Å²) in [6.45, 7) is 3.26. The van der Waals surface area contributed by atoms with Gasteiger partial charge in [-0.15, -0.1) is 12.4 Å². The van der Waals surface area contributed by atoms with Crippen LogP contribution in [-0.2, 0) is 0 Å². The molecule has 1 aliphatic rings. The minimum atomic E-state index is -0.264. The Morgan fingerprint density at radius 2 is 2.17 bits per heavy atom. The molecule has 5 nitrogen and oxygen atoms in total. The lowest BCUT2D eigenvalue weighted by Gasteiger charge is -2.22. The van der Waals surface area contributed by atoms with Gasteiger partial charge in [-0.1, -0.05) is 15.9 Å². The number of carbonyl (C=O) groups is 1. The van der Waals surface area contributed by atoms with E-state index >= 15 is 0 Å². The number of likely N-dealkylation sites (tertiary alicyclic amines) is 1. The van der Waals surface area contributed by atoms with Gasteiger partial charge in [0.05, 0.1) is 5.56 Å². The molecule has 3 N–H and O–H groups in total. The van der Waals surface area contributed by atoms with E-state index in [1.807, 2.05) is 24.0 Å². The Bertz CT molecular complexity index is 792. The maximum Gasteiger partial charge on any atom is 0.254 e. The highest BCUT2D eigenvalue weighted by Crippen LogP contribution is 2.27. The van der Waals surface area contributed by atoms with Gasteiger partial charge >= 0.3 is 0 Å². The number of nitrogens with one attached hydrogen (secondary N) is 1. The molecular formula is C16H19BrClN3O2. The van der Waals surface area contributed by atoms with E-state index in [-0.39, 0.29) is 29.9 Å². The molecule has 0 spiro atoms. The average Bonchev–Trinajstić information content (AvgIpc) is 2.87. The van der Waals surface area contributed by atoms with Gasteiger partial charge in [0.25, 0.3) is 5.91 Å². The number of carbonyl (C=O) groups excluding carboxylic acids is 1. The fourth-order valence-electron chi connectivity index (χ4n) is 3.15. The highest BCUT2D eigenvalue weighted by Gasteiger charge is 2.32. The van der Waals surface area contributed by atoms with E-state index in [1.54, 1.807) is 6.07 Å². The fraction of sp³-hybridized carbons (Fsp3) is 0.375. The number of benzene rings is 1. The van der Waals surface area contributed by atoms with Gasteiger partial charge in [0.1, 0.15) is 0 Å². The van der Waals surface area contributed by atoms with Crippen LogP contribution in [0.2, 0.25) is 0 Å². The number of hydrogen-bond acceptors (Lipinski definition) is 3. The second-order valence-electron chi connectivity index (χ2n) is 5.88. The van der Waals surface area contributed by atoms with Crippen molar-refractivity contribution in [1.29, 1.82) is 0 Å². The molecule has 0 radical (unpaired) electrons. The van der Waals surface area contributed by atoms with Gasteiger partial charge in [0.15, 0.2) is 0 Å². The van der Waals surface area contributed by atoms with Gasteiger partial charge < -0.3 is 15.6 Å². The molecule has 0 aliphatic carbocycles. The molecule has 0 bridgehead atoms. The van der Waals surface area contributed by atoms with E-state index in [0.29, 0.717) is 30.1 Å². The first-order valence-corrected chi connectivity index (χ1v) is 8.12. The molecule has 2 unspecified atom stereocenters. The lowest BCUT2D eigenvalue weighted by molar-refractivity contribution is 0.0745. The summed E-state index contributed by atoms with van der Waals surface area (Å²) in [5.74, 6) is 0.233. The minimum Gasteiger partial charge on any atom is -0.336 e. The highest BCUT2D eigenvalue weighted by molar-refractivity contribution is 9.10. The number of nitrogens with zero attached hydrogens (tertiary/aromatic N) is 1. The average molecular weight is 401 g/mol. The smallest absolute Gasteiger partial charge is 0.254 e. The topological polar surface area (TPSA) is 79.2 Å². The van der Waals surface area contributed by atoms with Crippen LogP contribution >= 0.6 is 28.3 Å². The van der Waals surface area contributed by atoms with Crippen LogP contribution in [-0.4, -0.2) is 34.9 Å². The number of fused-ring (bicyclic) bond motifs is 1. The van der Waals surface area contributed by atoms with E-state index in [0.717, 1.165) is 16.3 Å². The zero-order valence-corrected chi connectivity index (χ0v) is 15.1. The van der Waals surface area contributed by atoms with Crippen LogP contribution in [0.4, 0.5) is 0 Å². The van der Waals surface area contributed by atoms with Crippen LogP contribution in [0, 0.1) is 5.92 Å². The number of rotatable bonds is 2. The first-order chi connectivity index (χ1) is 10.5. The predicted octanol–water partition coefficient (Wildman–Crippen LogP) is 2.52. The molecule has 1 fully saturated rings. The van der Waals surface area contributed by atoms with Crippen LogP contribution in [0.5, 0.6) is 0 Å². The number of aromatic nitrogens is 1. The van der Waals surface area contributed by atoms with Crippen LogP contribution in [0.1, 0.15) is 23.7 Å². The minimum absolute atomic E-state index is 0. The van der Waals surface area contributed by atoms with Crippen molar-refractivity contribution in [2.75, 3.05) is 13.1 Å². The SMILES string of the molecule is CC1CC(CN)CN1C(=O)c1cc(=O)[nH]c2ccc(Br)cc12.Cl. The first-order valence-electron chi connectivity index (χ1n) is 7.33. The monoisotopic (exact) mass is 399 g/mol. The van der Waals surface area contributed by atoms with Crippen molar-refractivity contribution in [3.05, 3.63) is 44.7 Å². The molecule has 1 aromatic carbocycles. The van der Waals surface area contributed by atoms with Gasteiger partial charge in [-0.3, -0.25) is 9.59 Å². The number of halogens is 2. The Hall–Kier alpha value is -1.37. The van der Waals surface area contributed by atoms with Crippen molar-refractivity contribution < 1.29 is 4.79 Å². The first kappa shape index (κ1) is 18.0. The number of H-pyrrole nitrogens is 1. The van der Waals surface area contributed by atoms with E-state index < -0.39 is 0 Å². The molecule has 1 saturated heterocycles. The molecule has 23 heavy (non-hydrogen) atoms. The molecule has 1 amide bonds. The number of pyridine rings is 1. The lowest BCUT2D eigenvalue weighted by Crippen LogP contribution is -2.35. The third kappa shape index (κ3) is 3.44. The Kier molecular flexibility index (Phi) is 5.49. The molecule has 0 saturated carbocycles. The molecule has 1 aliphatic heterocycles. The normalized spacial score (nSPS) is 20.6. The maximum absolute atomic E-state index is 12.9. The third-order valence-electron chi connectivity index (χ3n) is 4.29. The second-order valence-corrected chi connectivity index (χ2v) is 6.80. The van der Waals surface area contributed by atoms with Crippen LogP contribution in [0.15, 0.2) is 33.5 Å². The van der Waals surface area contributed by atoms with Crippen LogP contribution in [0.25, 0.3) is 10.9 Å². The quantitative estimate of drug-likeness (QED) is 0.813. The van der Waals surface area contributed by atoms with Gasteiger partial charge in [-0.05, 0) is 44.0 Å². The Morgan fingerprint density at radius 1 is 1.43 bits per heavy atom. The zero-order valence-electron chi connectivity index (χ0n) is 12.7. The number of aromatic amines is 1. The summed E-state index contributed by atoms with van der Waals surface area (Å²) < 4.78 is 0.871. The standard InChI is InChI=1S/C16H18BrN3O2.ClH/c1-9-4-10(7-18)8-20(9)16(22)13-6-15(21)19-14-3-2-11(17)5-12(13)14;/h2-3,5-6,9-10H,4,7-8,18H2,1H3,(H,19,21);1H. The van der Waals surface area contributed by atoms with E-state index in [4.69, 9.17) is 5.73 Å². The summed E-state index contributed by atoms with van der Waals surface area (Å²) in [6.07, 6.45) is 0.910. The largest absolute Gasteiger partial charge is 0.336 e. The molecule has 124 valence electrons. The van der Waals surface area contributed by atoms with Crippen molar-refractivity contribution in [3.8, 4) is 0 Å². The van der Waals surface area contributed by atoms with Gasteiger partial charge in [-0.2, -0.15) is 0 Å².